The number of amides is 1. The molecule has 0 spiro atoms. The molecule has 1 unspecified atom stereocenters. The van der Waals surface area contributed by atoms with Crippen molar-refractivity contribution in [2.45, 2.75) is 13.0 Å². The van der Waals surface area contributed by atoms with Gasteiger partial charge >= 0.3 is 0 Å². The van der Waals surface area contributed by atoms with Crippen molar-refractivity contribution in [1.29, 1.82) is 0 Å². The van der Waals surface area contributed by atoms with Gasteiger partial charge in [-0.2, -0.15) is 0 Å². The number of carbonyl (C=O) groups excluding carboxylic acids is 1. The van der Waals surface area contributed by atoms with Gasteiger partial charge in [-0.3, -0.25) is 4.79 Å². The summed E-state index contributed by atoms with van der Waals surface area (Å²) >= 11 is 3.15. The van der Waals surface area contributed by atoms with Crippen LogP contribution in [0.15, 0.2) is 22.7 Å². The minimum atomic E-state index is -0.438. The summed E-state index contributed by atoms with van der Waals surface area (Å²) in [5.74, 6) is -0.676. The monoisotopic (exact) mass is 324 g/mol. The van der Waals surface area contributed by atoms with E-state index in [2.05, 4.69) is 15.9 Å². The van der Waals surface area contributed by atoms with Crippen LogP contribution in [0.3, 0.4) is 0 Å². The second-order valence-corrected chi connectivity index (χ2v) is 4.57. The lowest BCUT2D eigenvalue weighted by Crippen LogP contribution is -2.39. The predicted octanol–water partition coefficient (Wildman–Crippen LogP) is 2.43. The highest BCUT2D eigenvalue weighted by Gasteiger charge is 2.17. The Morgan fingerprint density at radius 1 is 1.53 bits per heavy atom. The quantitative estimate of drug-likeness (QED) is 0.928. The van der Waals surface area contributed by atoms with Gasteiger partial charge in [0.15, 0.2) is 0 Å². The van der Waals surface area contributed by atoms with Crippen molar-refractivity contribution < 1.29 is 9.18 Å². The van der Waals surface area contributed by atoms with Gasteiger partial charge in [-0.05, 0) is 25.1 Å². The average Bonchev–Trinajstić information content (AvgIpc) is 2.24. The molecular weight excluding hydrogens is 310 g/mol. The summed E-state index contributed by atoms with van der Waals surface area (Å²) in [5.41, 5.74) is 5.79. The third-order valence-electron chi connectivity index (χ3n) is 2.43. The molecule has 0 aliphatic rings. The number of carbonyl (C=O) groups is 1. The first-order chi connectivity index (χ1) is 7.45. The summed E-state index contributed by atoms with van der Waals surface area (Å²) in [6, 6.07) is 4.04. The maximum Gasteiger partial charge on any atom is 0.254 e. The molecule has 0 aromatic heterocycles. The van der Waals surface area contributed by atoms with Gasteiger partial charge in [0, 0.05) is 29.7 Å². The SMILES string of the molecule is CC(CN)N(C)C(=O)c1cc(F)cc(Br)c1.Cl. The Kier molecular flexibility index (Phi) is 6.67. The van der Waals surface area contributed by atoms with Gasteiger partial charge in [0.25, 0.3) is 5.91 Å². The van der Waals surface area contributed by atoms with Crippen LogP contribution in [0.25, 0.3) is 0 Å². The van der Waals surface area contributed by atoms with Gasteiger partial charge in [0.2, 0.25) is 0 Å². The normalized spacial score (nSPS) is 11.6. The molecule has 1 atom stereocenters. The summed E-state index contributed by atoms with van der Waals surface area (Å²) < 4.78 is 13.7. The van der Waals surface area contributed by atoms with Crippen LogP contribution >= 0.6 is 28.3 Å². The summed E-state index contributed by atoms with van der Waals surface area (Å²) in [6.45, 7) is 2.21. The molecule has 0 fully saturated rings. The average molecular weight is 326 g/mol. The standard InChI is InChI=1S/C11H14BrFN2O.ClH/c1-7(6-14)15(2)11(16)8-3-9(12)5-10(13)4-8;/h3-5,7H,6,14H2,1-2H3;1H. The Labute approximate surface area is 115 Å². The lowest BCUT2D eigenvalue weighted by molar-refractivity contribution is 0.0748. The Bertz CT molecular complexity index is 383. The van der Waals surface area contributed by atoms with Crippen molar-refractivity contribution in [3.8, 4) is 0 Å². The summed E-state index contributed by atoms with van der Waals surface area (Å²) in [5, 5.41) is 0. The largest absolute Gasteiger partial charge is 0.338 e. The van der Waals surface area contributed by atoms with Crippen LogP contribution in [-0.4, -0.2) is 30.4 Å². The van der Waals surface area contributed by atoms with Gasteiger partial charge in [-0.1, -0.05) is 15.9 Å². The Morgan fingerprint density at radius 3 is 2.59 bits per heavy atom. The van der Waals surface area contributed by atoms with E-state index in [4.69, 9.17) is 5.73 Å². The minimum absolute atomic E-state index is 0. The minimum Gasteiger partial charge on any atom is -0.338 e. The first kappa shape index (κ1) is 16.4. The van der Waals surface area contributed by atoms with Crippen LogP contribution in [0.5, 0.6) is 0 Å². The lowest BCUT2D eigenvalue weighted by Gasteiger charge is -2.23. The van der Waals surface area contributed by atoms with E-state index in [0.29, 0.717) is 16.6 Å². The van der Waals surface area contributed by atoms with Crippen LogP contribution in [0, 0.1) is 5.82 Å². The maximum absolute atomic E-state index is 13.1. The summed E-state index contributed by atoms with van der Waals surface area (Å²) in [7, 11) is 1.65. The number of benzene rings is 1. The molecule has 1 rings (SSSR count). The second-order valence-electron chi connectivity index (χ2n) is 3.66. The number of nitrogens with two attached hydrogens (primary N) is 1. The van der Waals surface area contributed by atoms with Gasteiger partial charge in [0.1, 0.15) is 5.82 Å². The summed E-state index contributed by atoms with van der Waals surface area (Å²) in [4.78, 5) is 13.4. The Balaban J connectivity index is 0.00000256. The van der Waals surface area contributed by atoms with Crippen LogP contribution in [0.1, 0.15) is 17.3 Å². The van der Waals surface area contributed by atoms with E-state index in [1.807, 2.05) is 6.92 Å². The molecule has 0 saturated heterocycles. The molecular formula is C11H15BrClFN2O. The highest BCUT2D eigenvalue weighted by Crippen LogP contribution is 2.16. The number of hydrogen-bond donors (Lipinski definition) is 1. The van der Waals surface area contributed by atoms with Crippen molar-refractivity contribution in [2.75, 3.05) is 13.6 Å². The first-order valence-electron chi connectivity index (χ1n) is 4.89. The fourth-order valence-corrected chi connectivity index (χ4v) is 1.70. The molecule has 0 radical (unpaired) electrons. The van der Waals surface area contributed by atoms with Crippen LogP contribution in [-0.2, 0) is 0 Å². The number of rotatable bonds is 3. The molecule has 0 bridgehead atoms. The first-order valence-corrected chi connectivity index (χ1v) is 5.68. The highest BCUT2D eigenvalue weighted by molar-refractivity contribution is 9.10. The van der Waals surface area contributed by atoms with E-state index in [9.17, 15) is 9.18 Å². The van der Waals surface area contributed by atoms with Crippen molar-refractivity contribution >= 4 is 34.2 Å². The van der Waals surface area contributed by atoms with Crippen LogP contribution < -0.4 is 5.73 Å². The molecule has 1 aromatic carbocycles. The molecule has 1 amide bonds. The Hall–Kier alpha value is -0.650. The smallest absolute Gasteiger partial charge is 0.254 e. The molecule has 1 aromatic rings. The van der Waals surface area contributed by atoms with Gasteiger partial charge in [-0.25, -0.2) is 4.39 Å². The zero-order valence-corrected chi connectivity index (χ0v) is 12.0. The fourth-order valence-electron chi connectivity index (χ4n) is 1.24. The van der Waals surface area contributed by atoms with E-state index in [-0.39, 0.29) is 24.4 Å². The molecule has 2 N–H and O–H groups in total. The van der Waals surface area contributed by atoms with Gasteiger partial charge < -0.3 is 10.6 Å². The molecule has 0 aliphatic heterocycles. The van der Waals surface area contributed by atoms with Crippen LogP contribution in [0.2, 0.25) is 0 Å². The van der Waals surface area contributed by atoms with Crippen molar-refractivity contribution in [3.05, 3.63) is 34.1 Å². The zero-order valence-electron chi connectivity index (χ0n) is 9.61. The second kappa shape index (κ2) is 6.93. The highest BCUT2D eigenvalue weighted by atomic mass is 79.9. The molecule has 6 heteroatoms. The van der Waals surface area contributed by atoms with E-state index in [1.54, 1.807) is 13.1 Å². The predicted molar refractivity (Wildman–Crippen MR) is 72.0 cm³/mol. The van der Waals surface area contributed by atoms with Crippen molar-refractivity contribution in [3.63, 3.8) is 0 Å². The number of nitrogens with zero attached hydrogens (tertiary/aromatic N) is 1. The molecule has 3 nitrogen and oxygen atoms in total. The zero-order chi connectivity index (χ0) is 12.3. The third kappa shape index (κ3) is 4.26. The Morgan fingerprint density at radius 2 is 2.12 bits per heavy atom. The van der Waals surface area contributed by atoms with E-state index >= 15 is 0 Å². The molecule has 17 heavy (non-hydrogen) atoms. The molecule has 0 heterocycles. The van der Waals surface area contributed by atoms with Crippen molar-refractivity contribution in [2.24, 2.45) is 5.73 Å². The third-order valence-corrected chi connectivity index (χ3v) is 2.89. The van der Waals surface area contributed by atoms with Gasteiger partial charge in [0.05, 0.1) is 0 Å². The number of halogens is 3. The number of hydrogen-bond acceptors (Lipinski definition) is 2. The van der Waals surface area contributed by atoms with E-state index in [0.717, 1.165) is 0 Å². The molecule has 96 valence electrons. The fraction of sp³-hybridized carbons (Fsp3) is 0.364. The topological polar surface area (TPSA) is 46.3 Å². The van der Waals surface area contributed by atoms with Crippen LogP contribution in [0.4, 0.5) is 4.39 Å². The van der Waals surface area contributed by atoms with E-state index < -0.39 is 5.82 Å². The molecule has 0 aliphatic carbocycles. The summed E-state index contributed by atoms with van der Waals surface area (Å²) in [6.07, 6.45) is 0. The van der Waals surface area contributed by atoms with Crippen molar-refractivity contribution in [1.82, 2.24) is 4.90 Å². The van der Waals surface area contributed by atoms with E-state index in [1.165, 1.54) is 17.0 Å². The lowest BCUT2D eigenvalue weighted by atomic mass is 10.1. The maximum atomic E-state index is 13.1. The molecule has 0 saturated carbocycles. The number of likely N-dealkylation sites (N-methyl/N-ethyl adjacent to an activating group) is 1. The van der Waals surface area contributed by atoms with Gasteiger partial charge in [-0.15, -0.1) is 12.4 Å².